The molecule has 6 nitrogen and oxygen atoms in total. The fraction of sp³-hybridized carbons (Fsp3) is 0.400. The molecule has 0 aromatic carbocycles. The summed E-state index contributed by atoms with van der Waals surface area (Å²) >= 11 is 1.15. The van der Waals surface area contributed by atoms with Gasteiger partial charge in [0.2, 0.25) is 5.91 Å². The molecule has 0 saturated heterocycles. The molecule has 2 heterocycles. The van der Waals surface area contributed by atoms with E-state index in [4.69, 9.17) is 0 Å². The van der Waals surface area contributed by atoms with Crippen molar-refractivity contribution in [2.24, 2.45) is 11.0 Å². The molecule has 7 heteroatoms. The summed E-state index contributed by atoms with van der Waals surface area (Å²) in [5.41, 5.74) is 4.24. The van der Waals surface area contributed by atoms with Gasteiger partial charge in [-0.25, -0.2) is 5.43 Å². The van der Waals surface area contributed by atoms with Gasteiger partial charge in [0.25, 0.3) is 0 Å². The molecule has 2 aliphatic rings. The number of hydrogen-bond acceptors (Lipinski definition) is 5. The largest absolute Gasteiger partial charge is 0.324 e. The van der Waals surface area contributed by atoms with E-state index in [1.54, 1.807) is 6.07 Å². The highest BCUT2D eigenvalue weighted by atomic mass is 32.1. The molecule has 88 valence electrons. The number of hydrazone groups is 1. The number of nitrogens with one attached hydrogen (secondary N) is 1. The number of thiophene rings is 1. The maximum absolute atomic E-state index is 11.2. The van der Waals surface area contributed by atoms with Crippen molar-refractivity contribution in [3.05, 3.63) is 26.6 Å². The third-order valence-corrected chi connectivity index (χ3v) is 4.24. The minimum Gasteiger partial charge on any atom is -0.273 e. The van der Waals surface area contributed by atoms with E-state index in [-0.39, 0.29) is 21.7 Å². The van der Waals surface area contributed by atoms with Gasteiger partial charge in [0.15, 0.2) is 0 Å². The van der Waals surface area contributed by atoms with E-state index in [9.17, 15) is 14.9 Å². The van der Waals surface area contributed by atoms with Crippen molar-refractivity contribution in [3.63, 3.8) is 0 Å². The molecule has 1 unspecified atom stereocenters. The number of hydrogen-bond donors (Lipinski definition) is 1. The molecule has 0 saturated carbocycles. The zero-order chi connectivity index (χ0) is 12.0. The van der Waals surface area contributed by atoms with Crippen molar-refractivity contribution in [1.29, 1.82) is 0 Å². The van der Waals surface area contributed by atoms with Crippen molar-refractivity contribution in [3.8, 4) is 0 Å². The molecule has 1 aromatic heterocycles. The second kappa shape index (κ2) is 3.63. The Labute approximate surface area is 100 Å². The number of carbonyl (C=O) groups excluding carboxylic acids is 1. The van der Waals surface area contributed by atoms with Gasteiger partial charge in [-0.05, 0) is 18.4 Å². The summed E-state index contributed by atoms with van der Waals surface area (Å²) in [6, 6.07) is 1.62. The van der Waals surface area contributed by atoms with Gasteiger partial charge >= 0.3 is 5.00 Å². The van der Waals surface area contributed by atoms with Crippen LogP contribution < -0.4 is 5.43 Å². The van der Waals surface area contributed by atoms with Crippen LogP contribution in [0.15, 0.2) is 11.2 Å². The molecule has 0 spiro atoms. The molecule has 1 N–H and O–H groups in total. The number of nitrogens with zero attached hydrogens (tertiary/aromatic N) is 2. The quantitative estimate of drug-likeness (QED) is 0.605. The average Bonchev–Trinajstić information content (AvgIpc) is 2.72. The summed E-state index contributed by atoms with van der Waals surface area (Å²) in [6.45, 7) is 0. The van der Waals surface area contributed by atoms with Gasteiger partial charge in [0.1, 0.15) is 0 Å². The van der Waals surface area contributed by atoms with E-state index < -0.39 is 0 Å². The fourth-order valence-electron chi connectivity index (χ4n) is 2.29. The summed E-state index contributed by atoms with van der Waals surface area (Å²) < 4.78 is 0. The first-order chi connectivity index (χ1) is 8.15. The summed E-state index contributed by atoms with van der Waals surface area (Å²) in [5.74, 6) is 0.0442. The highest BCUT2D eigenvalue weighted by molar-refractivity contribution is 7.17. The third-order valence-electron chi connectivity index (χ3n) is 3.09. The van der Waals surface area contributed by atoms with Crippen LogP contribution in [0.1, 0.15) is 23.3 Å². The highest BCUT2D eigenvalue weighted by Crippen LogP contribution is 2.38. The standard InChI is InChI=1S/C10H9N3O3S/c14-7-3-5-1-2-6-4-8(13(15)16)17-10(6)9(5)12-11-7/h4-5H,1-3H2,(H,11,14). The zero-order valence-electron chi connectivity index (χ0n) is 8.80. The predicted molar refractivity (Wildman–Crippen MR) is 62.1 cm³/mol. The number of rotatable bonds is 1. The Bertz CT molecular complexity index is 549. The van der Waals surface area contributed by atoms with Crippen LogP contribution >= 0.6 is 11.3 Å². The molecular weight excluding hydrogens is 242 g/mol. The Morgan fingerprint density at radius 2 is 2.41 bits per heavy atom. The van der Waals surface area contributed by atoms with Crippen LogP contribution in [0.5, 0.6) is 0 Å². The zero-order valence-corrected chi connectivity index (χ0v) is 9.62. The van der Waals surface area contributed by atoms with Crippen molar-refractivity contribution in [1.82, 2.24) is 5.43 Å². The van der Waals surface area contributed by atoms with E-state index in [0.29, 0.717) is 6.42 Å². The Hall–Kier alpha value is -1.76. The second-order valence-corrected chi connectivity index (χ2v) is 5.20. The van der Waals surface area contributed by atoms with Gasteiger partial charge in [-0.2, -0.15) is 5.10 Å². The van der Waals surface area contributed by atoms with E-state index in [0.717, 1.165) is 40.3 Å². The van der Waals surface area contributed by atoms with Crippen LogP contribution in [0.2, 0.25) is 0 Å². The van der Waals surface area contributed by atoms with Crippen LogP contribution in [-0.4, -0.2) is 16.5 Å². The number of carbonyl (C=O) groups is 1. The van der Waals surface area contributed by atoms with Crippen LogP contribution in [0, 0.1) is 16.0 Å². The SMILES string of the molecule is O=C1CC2CCc3cc([N+](=O)[O-])sc3C2=NN1. The lowest BCUT2D eigenvalue weighted by atomic mass is 9.84. The third kappa shape index (κ3) is 1.62. The molecule has 1 aliphatic heterocycles. The molecule has 17 heavy (non-hydrogen) atoms. The molecule has 0 bridgehead atoms. The summed E-state index contributed by atoms with van der Waals surface area (Å²) in [6.07, 6.45) is 2.06. The smallest absolute Gasteiger partial charge is 0.273 e. The molecule has 1 atom stereocenters. The summed E-state index contributed by atoms with van der Waals surface area (Å²) in [4.78, 5) is 22.5. The molecule has 1 aromatic rings. The number of fused-ring (bicyclic) bond motifs is 3. The highest BCUT2D eigenvalue weighted by Gasteiger charge is 2.33. The maximum Gasteiger partial charge on any atom is 0.324 e. The Morgan fingerprint density at radius 1 is 1.59 bits per heavy atom. The van der Waals surface area contributed by atoms with Crippen molar-refractivity contribution in [2.45, 2.75) is 19.3 Å². The molecular formula is C10H9N3O3S. The van der Waals surface area contributed by atoms with Gasteiger partial charge in [-0.1, -0.05) is 11.3 Å². The number of aryl methyl sites for hydroxylation is 1. The van der Waals surface area contributed by atoms with Crippen LogP contribution in [0.3, 0.4) is 0 Å². The van der Waals surface area contributed by atoms with E-state index >= 15 is 0 Å². The van der Waals surface area contributed by atoms with Gasteiger partial charge in [0, 0.05) is 18.4 Å². The van der Waals surface area contributed by atoms with Crippen molar-refractivity contribution < 1.29 is 9.72 Å². The lowest BCUT2D eigenvalue weighted by Gasteiger charge is -2.26. The Balaban J connectivity index is 2.06. The number of nitro groups is 1. The first kappa shape index (κ1) is 10.4. The first-order valence-corrected chi connectivity index (χ1v) is 6.10. The van der Waals surface area contributed by atoms with Crippen LogP contribution in [0.4, 0.5) is 5.00 Å². The first-order valence-electron chi connectivity index (χ1n) is 5.29. The molecule has 0 radical (unpaired) electrons. The fourth-order valence-corrected chi connectivity index (χ4v) is 3.39. The number of amides is 1. The Kier molecular flexibility index (Phi) is 2.22. The molecule has 3 rings (SSSR count). The maximum atomic E-state index is 11.2. The molecule has 1 aliphatic carbocycles. The lowest BCUT2D eigenvalue weighted by Crippen LogP contribution is -2.35. The Morgan fingerprint density at radius 3 is 3.18 bits per heavy atom. The van der Waals surface area contributed by atoms with Crippen molar-refractivity contribution in [2.75, 3.05) is 0 Å². The average molecular weight is 251 g/mol. The summed E-state index contributed by atoms with van der Waals surface area (Å²) in [5, 5.41) is 14.9. The van der Waals surface area contributed by atoms with E-state index in [1.165, 1.54) is 0 Å². The molecule has 1 amide bonds. The van der Waals surface area contributed by atoms with Gasteiger partial charge in [-0.3, -0.25) is 14.9 Å². The van der Waals surface area contributed by atoms with Gasteiger partial charge in [-0.15, -0.1) is 0 Å². The lowest BCUT2D eigenvalue weighted by molar-refractivity contribution is -0.380. The normalized spacial score (nSPS) is 22.2. The van der Waals surface area contributed by atoms with Gasteiger partial charge < -0.3 is 0 Å². The van der Waals surface area contributed by atoms with Crippen LogP contribution in [-0.2, 0) is 11.2 Å². The summed E-state index contributed by atoms with van der Waals surface area (Å²) in [7, 11) is 0. The minimum absolute atomic E-state index is 0.0757. The van der Waals surface area contributed by atoms with E-state index in [1.807, 2.05) is 0 Å². The predicted octanol–water partition coefficient (Wildman–Crippen LogP) is 1.44. The van der Waals surface area contributed by atoms with Gasteiger partial charge in [0.05, 0.1) is 15.5 Å². The monoisotopic (exact) mass is 251 g/mol. The molecule has 0 fully saturated rings. The topological polar surface area (TPSA) is 84.6 Å². The minimum atomic E-state index is -0.375. The van der Waals surface area contributed by atoms with E-state index in [2.05, 4.69) is 10.5 Å². The van der Waals surface area contributed by atoms with Crippen molar-refractivity contribution >= 4 is 28.0 Å². The van der Waals surface area contributed by atoms with Crippen LogP contribution in [0.25, 0.3) is 0 Å². The second-order valence-electron chi connectivity index (χ2n) is 4.17.